The lowest BCUT2D eigenvalue weighted by Gasteiger charge is -2.21. The third-order valence-corrected chi connectivity index (χ3v) is 5.34. The third kappa shape index (κ3) is 3.43. The number of anilines is 1. The number of benzene rings is 1. The number of thiophene rings is 1. The molecular formula is C16H19BrN2S. The molecule has 0 amide bonds. The molecule has 0 fully saturated rings. The van der Waals surface area contributed by atoms with Crippen LogP contribution < -0.4 is 10.6 Å². The summed E-state index contributed by atoms with van der Waals surface area (Å²) in [5.41, 5.74) is 4.23. The number of aryl methyl sites for hydroxylation is 1. The molecule has 1 aromatic carbocycles. The summed E-state index contributed by atoms with van der Waals surface area (Å²) in [5.74, 6) is 0. The van der Waals surface area contributed by atoms with Gasteiger partial charge in [0.25, 0.3) is 0 Å². The molecule has 0 radical (unpaired) electrons. The second-order valence-electron chi connectivity index (χ2n) is 5.11. The van der Waals surface area contributed by atoms with Gasteiger partial charge >= 0.3 is 0 Å². The Morgan fingerprint density at radius 3 is 3.05 bits per heavy atom. The summed E-state index contributed by atoms with van der Waals surface area (Å²) in [6.07, 6.45) is 3.55. The van der Waals surface area contributed by atoms with E-state index < -0.39 is 0 Å². The Labute approximate surface area is 132 Å². The maximum Gasteiger partial charge on any atom is 0.0701 e. The molecule has 1 aliphatic rings. The van der Waals surface area contributed by atoms with Crippen molar-refractivity contribution in [2.24, 2.45) is 0 Å². The van der Waals surface area contributed by atoms with E-state index in [1.807, 2.05) is 11.3 Å². The molecule has 4 heteroatoms. The molecule has 3 rings (SSSR count). The fourth-order valence-electron chi connectivity index (χ4n) is 2.65. The highest BCUT2D eigenvalue weighted by Crippen LogP contribution is 2.26. The van der Waals surface area contributed by atoms with Crippen LogP contribution in [0.2, 0.25) is 0 Å². The molecule has 2 N–H and O–H groups in total. The molecule has 0 saturated carbocycles. The average molecular weight is 351 g/mol. The summed E-state index contributed by atoms with van der Waals surface area (Å²) in [6, 6.07) is 11.0. The molecule has 1 aromatic heterocycles. The topological polar surface area (TPSA) is 24.1 Å². The Morgan fingerprint density at radius 1 is 1.25 bits per heavy atom. The van der Waals surface area contributed by atoms with Gasteiger partial charge in [-0.1, -0.05) is 18.2 Å². The van der Waals surface area contributed by atoms with Crippen LogP contribution in [0.5, 0.6) is 0 Å². The Bertz CT molecular complexity index is 580. The molecule has 2 heterocycles. The molecule has 106 valence electrons. The number of para-hydroxylation sites is 1. The Hall–Kier alpha value is -0.840. The lowest BCUT2D eigenvalue weighted by Crippen LogP contribution is -2.20. The smallest absolute Gasteiger partial charge is 0.0701 e. The number of fused-ring (bicyclic) bond motifs is 1. The summed E-state index contributed by atoms with van der Waals surface area (Å²) < 4.78 is 1.22. The largest absolute Gasteiger partial charge is 0.385 e. The first-order chi connectivity index (χ1) is 9.83. The van der Waals surface area contributed by atoms with Gasteiger partial charge in [0, 0.05) is 30.2 Å². The second kappa shape index (κ2) is 6.74. The quantitative estimate of drug-likeness (QED) is 0.789. The van der Waals surface area contributed by atoms with Gasteiger partial charge < -0.3 is 10.6 Å². The van der Waals surface area contributed by atoms with Crippen LogP contribution in [0.15, 0.2) is 34.1 Å². The first-order valence-corrected chi connectivity index (χ1v) is 8.73. The van der Waals surface area contributed by atoms with Gasteiger partial charge in [-0.15, -0.1) is 11.3 Å². The molecule has 0 bridgehead atoms. The van der Waals surface area contributed by atoms with Crippen molar-refractivity contribution < 1.29 is 0 Å². The summed E-state index contributed by atoms with van der Waals surface area (Å²) in [4.78, 5) is 1.43. The van der Waals surface area contributed by atoms with E-state index in [-0.39, 0.29) is 0 Å². The van der Waals surface area contributed by atoms with Crippen LogP contribution in [0.1, 0.15) is 22.4 Å². The van der Waals surface area contributed by atoms with Crippen LogP contribution in [0.3, 0.4) is 0 Å². The molecule has 0 saturated heterocycles. The predicted molar refractivity (Wildman–Crippen MR) is 90.7 cm³/mol. The van der Waals surface area contributed by atoms with E-state index in [2.05, 4.69) is 56.9 Å². The van der Waals surface area contributed by atoms with Crippen molar-refractivity contribution in [1.29, 1.82) is 0 Å². The van der Waals surface area contributed by atoms with Gasteiger partial charge in [0.05, 0.1) is 3.79 Å². The zero-order chi connectivity index (χ0) is 13.8. The van der Waals surface area contributed by atoms with E-state index in [0.29, 0.717) is 0 Å². The van der Waals surface area contributed by atoms with E-state index in [4.69, 9.17) is 0 Å². The number of halogens is 1. The van der Waals surface area contributed by atoms with Gasteiger partial charge in [0.1, 0.15) is 0 Å². The van der Waals surface area contributed by atoms with Gasteiger partial charge in [-0.2, -0.15) is 0 Å². The van der Waals surface area contributed by atoms with Gasteiger partial charge in [-0.25, -0.2) is 0 Å². The first kappa shape index (κ1) is 14.1. The van der Waals surface area contributed by atoms with Crippen LogP contribution >= 0.6 is 27.3 Å². The Kier molecular flexibility index (Phi) is 4.76. The highest BCUT2D eigenvalue weighted by Gasteiger charge is 2.11. The number of hydrogen-bond donors (Lipinski definition) is 2. The van der Waals surface area contributed by atoms with E-state index in [0.717, 1.165) is 26.1 Å². The molecule has 1 aliphatic heterocycles. The third-order valence-electron chi connectivity index (χ3n) is 3.65. The van der Waals surface area contributed by atoms with E-state index in [1.54, 1.807) is 0 Å². The number of nitrogens with one attached hydrogen (secondary N) is 2. The molecule has 0 unspecified atom stereocenters. The van der Waals surface area contributed by atoms with Gasteiger partial charge in [-0.05, 0) is 58.5 Å². The maximum absolute atomic E-state index is 3.56. The Morgan fingerprint density at radius 2 is 2.20 bits per heavy atom. The van der Waals surface area contributed by atoms with Gasteiger partial charge in [0.15, 0.2) is 0 Å². The zero-order valence-electron chi connectivity index (χ0n) is 11.4. The minimum Gasteiger partial charge on any atom is -0.385 e. The molecule has 2 aromatic rings. The number of rotatable bonds is 5. The maximum atomic E-state index is 3.56. The van der Waals surface area contributed by atoms with E-state index in [9.17, 15) is 0 Å². The highest BCUT2D eigenvalue weighted by molar-refractivity contribution is 9.11. The second-order valence-corrected chi connectivity index (χ2v) is 7.66. The summed E-state index contributed by atoms with van der Waals surface area (Å²) in [5, 5.41) is 7.11. The minimum atomic E-state index is 0.947. The van der Waals surface area contributed by atoms with Gasteiger partial charge in [-0.3, -0.25) is 0 Å². The molecular weight excluding hydrogens is 332 g/mol. The van der Waals surface area contributed by atoms with Crippen LogP contribution in [0.25, 0.3) is 0 Å². The van der Waals surface area contributed by atoms with Crippen LogP contribution in [-0.2, 0) is 19.4 Å². The van der Waals surface area contributed by atoms with Crippen molar-refractivity contribution in [3.8, 4) is 0 Å². The predicted octanol–water partition coefficient (Wildman–Crippen LogP) is 4.20. The summed E-state index contributed by atoms with van der Waals surface area (Å²) >= 11 is 5.33. The number of hydrogen-bond acceptors (Lipinski definition) is 3. The van der Waals surface area contributed by atoms with Crippen molar-refractivity contribution in [3.63, 3.8) is 0 Å². The normalized spacial score (nSPS) is 13.8. The lowest BCUT2D eigenvalue weighted by molar-refractivity contribution is 0.688. The molecule has 0 atom stereocenters. The zero-order valence-corrected chi connectivity index (χ0v) is 13.8. The fourth-order valence-corrected chi connectivity index (χ4v) is 4.13. The molecule has 2 nitrogen and oxygen atoms in total. The monoisotopic (exact) mass is 350 g/mol. The van der Waals surface area contributed by atoms with Crippen molar-refractivity contribution in [1.82, 2.24) is 5.32 Å². The van der Waals surface area contributed by atoms with Crippen LogP contribution in [0, 0.1) is 0 Å². The molecule has 0 aliphatic carbocycles. The van der Waals surface area contributed by atoms with Crippen LogP contribution in [-0.4, -0.2) is 13.1 Å². The molecule has 0 spiro atoms. The Balaban J connectivity index is 1.53. The van der Waals surface area contributed by atoms with Crippen molar-refractivity contribution in [2.45, 2.75) is 25.8 Å². The fraction of sp³-hybridized carbons (Fsp3) is 0.375. The summed E-state index contributed by atoms with van der Waals surface area (Å²) in [7, 11) is 0. The van der Waals surface area contributed by atoms with Crippen LogP contribution in [0.4, 0.5) is 5.69 Å². The van der Waals surface area contributed by atoms with Gasteiger partial charge in [0.2, 0.25) is 0 Å². The van der Waals surface area contributed by atoms with E-state index in [1.165, 1.54) is 38.3 Å². The highest BCUT2D eigenvalue weighted by atomic mass is 79.9. The SMILES string of the molecule is Brc1ccc(CCNCc2cccc3c2NCCC3)s1. The first-order valence-electron chi connectivity index (χ1n) is 7.12. The molecule has 20 heavy (non-hydrogen) atoms. The van der Waals surface area contributed by atoms with Crippen molar-refractivity contribution in [2.75, 3.05) is 18.4 Å². The summed E-state index contributed by atoms with van der Waals surface area (Å²) in [6.45, 7) is 3.08. The van der Waals surface area contributed by atoms with Crippen molar-refractivity contribution in [3.05, 3.63) is 50.1 Å². The standard InChI is InChI=1S/C16H19BrN2S/c17-15-7-6-14(20-15)8-10-18-11-13-4-1-3-12-5-2-9-19-16(12)13/h1,3-4,6-7,18-19H,2,5,8-11H2. The average Bonchev–Trinajstić information content (AvgIpc) is 2.89. The minimum absolute atomic E-state index is 0.947. The van der Waals surface area contributed by atoms with E-state index >= 15 is 0 Å². The van der Waals surface area contributed by atoms with Crippen molar-refractivity contribution >= 4 is 33.0 Å². The lowest BCUT2D eigenvalue weighted by atomic mass is 9.99.